The van der Waals surface area contributed by atoms with Gasteiger partial charge in [0.15, 0.2) is 0 Å². The molecule has 3 rings (SSSR count). The number of hydrogen-bond acceptors (Lipinski definition) is 2. The van der Waals surface area contributed by atoms with Crippen LogP contribution in [-0.4, -0.2) is 22.6 Å². The SMILES string of the molecule is Cn1c(CC2CNC2)nc2cccc(Cl)c21. The second-order valence-electron chi connectivity index (χ2n) is 4.42. The molecule has 0 amide bonds. The number of imidazole rings is 1. The zero-order valence-corrected chi connectivity index (χ0v) is 9.96. The summed E-state index contributed by atoms with van der Waals surface area (Å²) in [5.74, 6) is 1.86. The summed E-state index contributed by atoms with van der Waals surface area (Å²) in [4.78, 5) is 4.65. The fourth-order valence-corrected chi connectivity index (χ4v) is 2.50. The van der Waals surface area contributed by atoms with Crippen molar-refractivity contribution in [1.29, 1.82) is 0 Å². The highest BCUT2D eigenvalue weighted by Crippen LogP contribution is 2.24. The van der Waals surface area contributed by atoms with E-state index >= 15 is 0 Å². The molecule has 0 bridgehead atoms. The van der Waals surface area contributed by atoms with Crippen LogP contribution in [0.15, 0.2) is 18.2 Å². The van der Waals surface area contributed by atoms with Gasteiger partial charge in [-0.1, -0.05) is 17.7 Å². The number of aromatic nitrogens is 2. The summed E-state index contributed by atoms with van der Waals surface area (Å²) < 4.78 is 2.12. The Morgan fingerprint density at radius 2 is 2.31 bits per heavy atom. The third kappa shape index (κ3) is 1.51. The molecule has 1 aliphatic rings. The van der Waals surface area contributed by atoms with Crippen molar-refractivity contribution in [1.82, 2.24) is 14.9 Å². The van der Waals surface area contributed by atoms with Gasteiger partial charge in [-0.15, -0.1) is 0 Å². The molecule has 4 heteroatoms. The van der Waals surface area contributed by atoms with E-state index in [0.29, 0.717) is 0 Å². The normalized spacial score (nSPS) is 16.6. The summed E-state index contributed by atoms with van der Waals surface area (Å²) in [5, 5.41) is 4.07. The molecule has 1 N–H and O–H groups in total. The molecule has 2 aromatic rings. The van der Waals surface area contributed by atoms with Gasteiger partial charge in [0.25, 0.3) is 0 Å². The van der Waals surface area contributed by atoms with Crippen molar-refractivity contribution in [3.8, 4) is 0 Å². The van der Waals surface area contributed by atoms with Gasteiger partial charge in [0.2, 0.25) is 0 Å². The fourth-order valence-electron chi connectivity index (χ4n) is 2.20. The lowest BCUT2D eigenvalue weighted by Gasteiger charge is -2.26. The van der Waals surface area contributed by atoms with Crippen LogP contribution >= 0.6 is 11.6 Å². The highest BCUT2D eigenvalue weighted by molar-refractivity contribution is 6.35. The van der Waals surface area contributed by atoms with Crippen LogP contribution in [0.2, 0.25) is 5.02 Å². The fraction of sp³-hybridized carbons (Fsp3) is 0.417. The number of hydrogen-bond donors (Lipinski definition) is 1. The smallest absolute Gasteiger partial charge is 0.110 e. The lowest BCUT2D eigenvalue weighted by atomic mass is 9.99. The second-order valence-corrected chi connectivity index (χ2v) is 4.83. The zero-order chi connectivity index (χ0) is 11.1. The lowest BCUT2D eigenvalue weighted by molar-refractivity contribution is 0.339. The van der Waals surface area contributed by atoms with E-state index in [0.717, 1.165) is 47.3 Å². The number of nitrogens with one attached hydrogen (secondary N) is 1. The van der Waals surface area contributed by atoms with Crippen LogP contribution < -0.4 is 5.32 Å². The van der Waals surface area contributed by atoms with Gasteiger partial charge in [0.1, 0.15) is 5.82 Å². The first-order valence-corrected chi connectivity index (χ1v) is 5.94. The number of aryl methyl sites for hydroxylation is 1. The first-order valence-electron chi connectivity index (χ1n) is 5.56. The minimum atomic E-state index is 0.731. The van der Waals surface area contributed by atoms with Gasteiger partial charge in [0.05, 0.1) is 16.1 Å². The Balaban J connectivity index is 2.04. The Bertz CT molecular complexity index is 528. The van der Waals surface area contributed by atoms with E-state index in [1.807, 2.05) is 25.2 Å². The molecule has 0 spiro atoms. The van der Waals surface area contributed by atoms with Crippen molar-refractivity contribution in [2.45, 2.75) is 6.42 Å². The number of benzene rings is 1. The number of halogens is 1. The predicted octanol–water partition coefficient (Wildman–Crippen LogP) is 1.99. The van der Waals surface area contributed by atoms with Crippen molar-refractivity contribution in [2.24, 2.45) is 13.0 Å². The van der Waals surface area contributed by atoms with Gasteiger partial charge in [0, 0.05) is 13.5 Å². The molecule has 1 aromatic carbocycles. The van der Waals surface area contributed by atoms with Gasteiger partial charge >= 0.3 is 0 Å². The summed E-state index contributed by atoms with van der Waals surface area (Å²) in [7, 11) is 2.04. The van der Waals surface area contributed by atoms with Crippen molar-refractivity contribution in [3.63, 3.8) is 0 Å². The molecule has 1 saturated heterocycles. The lowest BCUT2D eigenvalue weighted by Crippen LogP contribution is -2.43. The molecular formula is C12H14ClN3. The Labute approximate surface area is 99.4 Å². The van der Waals surface area contributed by atoms with Gasteiger partial charge in [-0.25, -0.2) is 4.98 Å². The molecule has 1 aromatic heterocycles. The Hall–Kier alpha value is -1.06. The average Bonchev–Trinajstić information content (AvgIpc) is 2.51. The maximum absolute atomic E-state index is 6.19. The van der Waals surface area contributed by atoms with Gasteiger partial charge in [-0.05, 0) is 31.1 Å². The van der Waals surface area contributed by atoms with E-state index in [4.69, 9.17) is 11.6 Å². The van der Waals surface area contributed by atoms with Crippen LogP contribution in [0.25, 0.3) is 11.0 Å². The van der Waals surface area contributed by atoms with Crippen LogP contribution in [-0.2, 0) is 13.5 Å². The molecule has 1 fully saturated rings. The zero-order valence-electron chi connectivity index (χ0n) is 9.20. The molecule has 0 saturated carbocycles. The quantitative estimate of drug-likeness (QED) is 0.863. The molecular weight excluding hydrogens is 222 g/mol. The topological polar surface area (TPSA) is 29.9 Å². The highest BCUT2D eigenvalue weighted by Gasteiger charge is 2.20. The molecule has 16 heavy (non-hydrogen) atoms. The van der Waals surface area contributed by atoms with E-state index in [-0.39, 0.29) is 0 Å². The molecule has 2 heterocycles. The molecule has 1 aliphatic heterocycles. The van der Waals surface area contributed by atoms with E-state index in [1.54, 1.807) is 0 Å². The van der Waals surface area contributed by atoms with Gasteiger partial charge in [-0.2, -0.15) is 0 Å². The second kappa shape index (κ2) is 3.75. The number of rotatable bonds is 2. The van der Waals surface area contributed by atoms with Crippen molar-refractivity contribution >= 4 is 22.6 Å². The van der Waals surface area contributed by atoms with Crippen molar-refractivity contribution < 1.29 is 0 Å². The van der Waals surface area contributed by atoms with Crippen LogP contribution in [0.1, 0.15) is 5.82 Å². The summed E-state index contributed by atoms with van der Waals surface area (Å²) in [5.41, 5.74) is 2.05. The summed E-state index contributed by atoms with van der Waals surface area (Å²) >= 11 is 6.19. The first kappa shape index (κ1) is 10.1. The summed E-state index contributed by atoms with van der Waals surface area (Å²) in [6, 6.07) is 5.89. The van der Waals surface area contributed by atoms with Crippen molar-refractivity contribution in [2.75, 3.05) is 13.1 Å². The molecule has 3 nitrogen and oxygen atoms in total. The van der Waals surface area contributed by atoms with E-state index in [1.165, 1.54) is 0 Å². The van der Waals surface area contributed by atoms with Crippen LogP contribution in [0, 0.1) is 5.92 Å². The maximum Gasteiger partial charge on any atom is 0.110 e. The molecule has 0 unspecified atom stereocenters. The van der Waals surface area contributed by atoms with E-state index < -0.39 is 0 Å². The first-order chi connectivity index (χ1) is 7.75. The Morgan fingerprint density at radius 3 is 2.94 bits per heavy atom. The molecule has 0 atom stereocenters. The van der Waals surface area contributed by atoms with Crippen LogP contribution in [0.3, 0.4) is 0 Å². The monoisotopic (exact) mass is 235 g/mol. The van der Waals surface area contributed by atoms with E-state index in [2.05, 4.69) is 14.9 Å². The Kier molecular flexibility index (Phi) is 2.37. The van der Waals surface area contributed by atoms with Crippen molar-refractivity contribution in [3.05, 3.63) is 29.0 Å². The third-order valence-corrected chi connectivity index (χ3v) is 3.58. The Morgan fingerprint density at radius 1 is 1.50 bits per heavy atom. The molecule has 0 aliphatic carbocycles. The minimum Gasteiger partial charge on any atom is -0.330 e. The molecule has 0 radical (unpaired) electrons. The minimum absolute atomic E-state index is 0.731. The number of fused-ring (bicyclic) bond motifs is 1. The predicted molar refractivity (Wildman–Crippen MR) is 65.8 cm³/mol. The van der Waals surface area contributed by atoms with Crippen LogP contribution in [0.4, 0.5) is 0 Å². The van der Waals surface area contributed by atoms with Crippen LogP contribution in [0.5, 0.6) is 0 Å². The highest BCUT2D eigenvalue weighted by atomic mass is 35.5. The molecule has 84 valence electrons. The summed E-state index contributed by atoms with van der Waals surface area (Å²) in [6.07, 6.45) is 1.04. The number of para-hydroxylation sites is 1. The largest absolute Gasteiger partial charge is 0.330 e. The summed E-state index contributed by atoms with van der Waals surface area (Å²) in [6.45, 7) is 2.22. The average molecular weight is 236 g/mol. The van der Waals surface area contributed by atoms with Gasteiger partial charge < -0.3 is 9.88 Å². The van der Waals surface area contributed by atoms with E-state index in [9.17, 15) is 0 Å². The standard InChI is InChI=1S/C12H14ClN3/c1-16-11(5-8-6-14-7-8)15-10-4-2-3-9(13)12(10)16/h2-4,8,14H,5-7H2,1H3. The third-order valence-electron chi connectivity index (χ3n) is 3.27. The maximum atomic E-state index is 6.19. The van der Waals surface area contributed by atoms with Gasteiger partial charge in [-0.3, -0.25) is 0 Å². The number of nitrogens with zero attached hydrogens (tertiary/aromatic N) is 2.